The number of nitrogens with one attached hydrogen (secondary N) is 1. The highest BCUT2D eigenvalue weighted by atomic mass is 79.9. The highest BCUT2D eigenvalue weighted by Crippen LogP contribution is 2.29. The summed E-state index contributed by atoms with van der Waals surface area (Å²) in [4.78, 5) is -0.106. The molecule has 0 bridgehead atoms. The van der Waals surface area contributed by atoms with Crippen molar-refractivity contribution in [2.45, 2.75) is 4.90 Å². The predicted molar refractivity (Wildman–Crippen MR) is 82.8 cm³/mol. The first-order valence-corrected chi connectivity index (χ1v) is 8.20. The minimum Gasteiger partial charge on any atom is -0.506 e. The average Bonchev–Trinajstić information content (AvgIpc) is 2.42. The van der Waals surface area contributed by atoms with Crippen LogP contribution in [0.2, 0.25) is 5.02 Å². The van der Waals surface area contributed by atoms with Crippen LogP contribution in [0.1, 0.15) is 5.56 Å². The first-order valence-electron chi connectivity index (χ1n) is 5.54. The fourth-order valence-electron chi connectivity index (χ4n) is 1.55. The molecule has 2 N–H and O–H groups in total. The monoisotopic (exact) mass is 386 g/mol. The Kier molecular flexibility index (Phi) is 4.42. The molecule has 0 fully saturated rings. The molecule has 0 aliphatic rings. The van der Waals surface area contributed by atoms with Gasteiger partial charge in [0, 0.05) is 4.47 Å². The van der Waals surface area contributed by atoms with Crippen LogP contribution in [-0.2, 0) is 10.0 Å². The summed E-state index contributed by atoms with van der Waals surface area (Å²) in [5.74, 6) is -0.207. The van der Waals surface area contributed by atoms with Gasteiger partial charge in [-0.3, -0.25) is 4.72 Å². The Bertz CT molecular complexity index is 847. The zero-order valence-electron chi connectivity index (χ0n) is 10.3. The molecule has 0 spiro atoms. The van der Waals surface area contributed by atoms with E-state index < -0.39 is 10.0 Å². The van der Waals surface area contributed by atoms with Gasteiger partial charge in [-0.1, -0.05) is 27.5 Å². The first-order chi connectivity index (χ1) is 9.83. The maximum absolute atomic E-state index is 12.2. The number of halogens is 2. The highest BCUT2D eigenvalue weighted by Gasteiger charge is 2.17. The third-order valence-electron chi connectivity index (χ3n) is 2.57. The van der Waals surface area contributed by atoms with Crippen LogP contribution >= 0.6 is 27.5 Å². The second-order valence-corrected chi connectivity index (χ2v) is 7.03. The lowest BCUT2D eigenvalue weighted by Crippen LogP contribution is -2.13. The van der Waals surface area contributed by atoms with Crippen molar-refractivity contribution >= 4 is 43.2 Å². The van der Waals surface area contributed by atoms with Gasteiger partial charge in [-0.15, -0.1) is 0 Å². The van der Waals surface area contributed by atoms with E-state index in [2.05, 4.69) is 20.7 Å². The number of hydrogen-bond donors (Lipinski definition) is 2. The molecule has 0 saturated carbocycles. The topological polar surface area (TPSA) is 90.2 Å². The number of anilines is 1. The van der Waals surface area contributed by atoms with Gasteiger partial charge in [-0.05, 0) is 36.4 Å². The molecule has 0 saturated heterocycles. The van der Waals surface area contributed by atoms with Crippen molar-refractivity contribution in [2.75, 3.05) is 4.72 Å². The van der Waals surface area contributed by atoms with Gasteiger partial charge in [-0.2, -0.15) is 5.26 Å². The molecule has 0 atom stereocenters. The predicted octanol–water partition coefficient (Wildman–Crippen LogP) is 3.48. The number of nitrogens with zero attached hydrogens (tertiary/aromatic N) is 1. The van der Waals surface area contributed by atoms with E-state index in [1.54, 1.807) is 6.07 Å². The smallest absolute Gasteiger partial charge is 0.262 e. The Balaban J connectivity index is 2.41. The number of hydrogen-bond acceptors (Lipinski definition) is 4. The molecule has 8 heteroatoms. The molecule has 0 amide bonds. The Morgan fingerprint density at radius 3 is 2.57 bits per heavy atom. The van der Waals surface area contributed by atoms with Crippen molar-refractivity contribution in [3.8, 4) is 11.8 Å². The molecule has 0 radical (unpaired) electrons. The Labute approximate surface area is 135 Å². The van der Waals surface area contributed by atoms with Crippen molar-refractivity contribution in [1.82, 2.24) is 0 Å². The number of phenolic OH excluding ortho intramolecular Hbond substituents is 1. The van der Waals surface area contributed by atoms with Gasteiger partial charge < -0.3 is 5.11 Å². The summed E-state index contributed by atoms with van der Waals surface area (Å²) in [6.45, 7) is 0. The molecule has 21 heavy (non-hydrogen) atoms. The van der Waals surface area contributed by atoms with Crippen LogP contribution in [-0.4, -0.2) is 13.5 Å². The molecule has 0 aliphatic carbocycles. The van der Waals surface area contributed by atoms with Gasteiger partial charge in [0.25, 0.3) is 10.0 Å². The lowest BCUT2D eigenvalue weighted by Gasteiger charge is -2.10. The van der Waals surface area contributed by atoms with E-state index in [0.717, 1.165) is 0 Å². The summed E-state index contributed by atoms with van der Waals surface area (Å²) in [5.41, 5.74) is 0.214. The third-order valence-corrected chi connectivity index (χ3v) is 4.74. The molecule has 0 aromatic heterocycles. The summed E-state index contributed by atoms with van der Waals surface area (Å²) < 4.78 is 27.3. The standard InChI is InChI=1S/C13H8BrClN2O3S/c14-9-2-4-13(18)12(5-9)17-21(19,20)10-3-1-8(7-16)11(15)6-10/h1-6,17-18H. The van der Waals surface area contributed by atoms with Crippen LogP contribution in [0, 0.1) is 11.3 Å². The SMILES string of the molecule is N#Cc1ccc(S(=O)(=O)Nc2cc(Br)ccc2O)cc1Cl. The molecule has 5 nitrogen and oxygen atoms in total. The van der Waals surface area contributed by atoms with E-state index in [4.69, 9.17) is 16.9 Å². The van der Waals surface area contributed by atoms with Gasteiger partial charge in [0.1, 0.15) is 11.8 Å². The van der Waals surface area contributed by atoms with E-state index in [0.29, 0.717) is 4.47 Å². The van der Waals surface area contributed by atoms with Gasteiger partial charge in [0.05, 0.1) is 21.2 Å². The third kappa shape index (κ3) is 3.47. The number of sulfonamides is 1. The molecule has 0 unspecified atom stereocenters. The second kappa shape index (κ2) is 5.93. The largest absolute Gasteiger partial charge is 0.506 e. The van der Waals surface area contributed by atoms with Gasteiger partial charge in [-0.25, -0.2) is 8.42 Å². The van der Waals surface area contributed by atoms with E-state index in [-0.39, 0.29) is 26.9 Å². The van der Waals surface area contributed by atoms with Crippen LogP contribution in [0.5, 0.6) is 5.75 Å². The van der Waals surface area contributed by atoms with Crippen LogP contribution in [0.15, 0.2) is 45.8 Å². The summed E-state index contributed by atoms with van der Waals surface area (Å²) >= 11 is 9.01. The van der Waals surface area contributed by atoms with E-state index in [1.165, 1.54) is 30.3 Å². The highest BCUT2D eigenvalue weighted by molar-refractivity contribution is 9.10. The molecule has 0 heterocycles. The summed E-state index contributed by atoms with van der Waals surface area (Å²) in [7, 11) is -3.92. The summed E-state index contributed by atoms with van der Waals surface area (Å²) in [6.07, 6.45) is 0. The fourth-order valence-corrected chi connectivity index (χ4v) is 3.29. The normalized spacial score (nSPS) is 10.9. The molecule has 2 aromatic rings. The van der Waals surface area contributed by atoms with Crippen molar-refractivity contribution in [3.05, 3.63) is 51.5 Å². The summed E-state index contributed by atoms with van der Waals surface area (Å²) in [5, 5.41) is 18.5. The van der Waals surface area contributed by atoms with Crippen LogP contribution in [0.3, 0.4) is 0 Å². The van der Waals surface area contributed by atoms with Crippen molar-refractivity contribution in [1.29, 1.82) is 5.26 Å². The Hall–Kier alpha value is -1.75. The number of benzene rings is 2. The molecule has 0 aliphatic heterocycles. The van der Waals surface area contributed by atoms with Crippen molar-refractivity contribution < 1.29 is 13.5 Å². The van der Waals surface area contributed by atoms with Gasteiger partial charge >= 0.3 is 0 Å². The quantitative estimate of drug-likeness (QED) is 0.789. The maximum Gasteiger partial charge on any atom is 0.262 e. The maximum atomic E-state index is 12.2. The van der Waals surface area contributed by atoms with Gasteiger partial charge in [0.2, 0.25) is 0 Å². The van der Waals surface area contributed by atoms with Crippen molar-refractivity contribution in [2.24, 2.45) is 0 Å². The summed E-state index contributed by atoms with van der Waals surface area (Å²) in [6, 6.07) is 9.97. The minimum absolute atomic E-state index is 0.0323. The molecule has 2 aromatic carbocycles. The van der Waals surface area contributed by atoms with E-state index >= 15 is 0 Å². The van der Waals surface area contributed by atoms with Crippen molar-refractivity contribution in [3.63, 3.8) is 0 Å². The molecular weight excluding hydrogens is 380 g/mol. The molecule has 108 valence electrons. The van der Waals surface area contributed by atoms with Gasteiger partial charge in [0.15, 0.2) is 0 Å². The Morgan fingerprint density at radius 1 is 1.24 bits per heavy atom. The number of rotatable bonds is 3. The van der Waals surface area contributed by atoms with Crippen LogP contribution in [0.4, 0.5) is 5.69 Å². The lowest BCUT2D eigenvalue weighted by atomic mass is 10.2. The van der Waals surface area contributed by atoms with E-state index in [9.17, 15) is 13.5 Å². The fraction of sp³-hybridized carbons (Fsp3) is 0. The zero-order valence-corrected chi connectivity index (χ0v) is 13.5. The first kappa shape index (κ1) is 15.6. The Morgan fingerprint density at radius 2 is 1.95 bits per heavy atom. The number of phenols is 1. The van der Waals surface area contributed by atoms with E-state index in [1.807, 2.05) is 6.07 Å². The number of aromatic hydroxyl groups is 1. The molecule has 2 rings (SSSR count). The second-order valence-electron chi connectivity index (χ2n) is 4.02. The van der Waals surface area contributed by atoms with Crippen LogP contribution in [0.25, 0.3) is 0 Å². The molecular formula is C13H8BrClN2O3S. The zero-order chi connectivity index (χ0) is 15.6. The lowest BCUT2D eigenvalue weighted by molar-refractivity contribution is 0.477. The number of nitriles is 1. The van der Waals surface area contributed by atoms with Crippen LogP contribution < -0.4 is 4.72 Å². The minimum atomic E-state index is -3.92. The average molecular weight is 388 g/mol.